The molecule has 1 aromatic rings. The zero-order valence-electron chi connectivity index (χ0n) is 14.4. The van der Waals surface area contributed by atoms with Crippen LogP contribution in [0, 0.1) is 13.8 Å². The van der Waals surface area contributed by atoms with Crippen molar-refractivity contribution in [2.24, 2.45) is 5.73 Å². The van der Waals surface area contributed by atoms with E-state index in [9.17, 15) is 14.4 Å². The van der Waals surface area contributed by atoms with E-state index in [1.54, 1.807) is 13.8 Å². The Morgan fingerprint density at radius 3 is 2.38 bits per heavy atom. The van der Waals surface area contributed by atoms with E-state index in [1.807, 2.05) is 0 Å². The van der Waals surface area contributed by atoms with Crippen LogP contribution in [0.3, 0.4) is 0 Å². The highest BCUT2D eigenvalue weighted by Crippen LogP contribution is 2.27. The molecule has 0 aromatic carbocycles. The van der Waals surface area contributed by atoms with Gasteiger partial charge in [0.25, 0.3) is 0 Å². The van der Waals surface area contributed by atoms with Gasteiger partial charge in [-0.05, 0) is 38.7 Å². The fraction of sp³-hybridized carbons (Fsp3) is 0.647. The lowest BCUT2D eigenvalue weighted by Gasteiger charge is -2.30. The van der Waals surface area contributed by atoms with Gasteiger partial charge in [0.2, 0.25) is 11.8 Å². The Balaban J connectivity index is 2.04. The van der Waals surface area contributed by atoms with E-state index in [4.69, 9.17) is 5.73 Å². The number of hydrogen-bond donors (Lipinski definition) is 3. The topological polar surface area (TPSA) is 118 Å². The van der Waals surface area contributed by atoms with Gasteiger partial charge in [0, 0.05) is 17.8 Å². The maximum Gasteiger partial charge on any atom is 0.345 e. The molecule has 7 nitrogen and oxygen atoms in total. The average Bonchev–Trinajstić information content (AvgIpc) is 2.72. The first-order chi connectivity index (χ1) is 11.3. The molecule has 4 N–H and O–H groups in total. The SMILES string of the molecule is Cc1nc(=O)[nH]c(C)c1CCC(=O)NC1(C(N)=O)CCCCCC1. The van der Waals surface area contributed by atoms with Gasteiger partial charge in [-0.25, -0.2) is 4.79 Å². The lowest BCUT2D eigenvalue weighted by atomic mass is 9.89. The van der Waals surface area contributed by atoms with Crippen LogP contribution in [0.25, 0.3) is 0 Å². The molecule has 1 heterocycles. The van der Waals surface area contributed by atoms with E-state index in [-0.39, 0.29) is 18.0 Å². The van der Waals surface area contributed by atoms with E-state index < -0.39 is 11.4 Å². The molecule has 0 aliphatic heterocycles. The summed E-state index contributed by atoms with van der Waals surface area (Å²) in [6.07, 6.45) is 5.81. The number of amides is 2. The number of nitrogens with two attached hydrogens (primary N) is 1. The van der Waals surface area contributed by atoms with Gasteiger partial charge in [0.05, 0.1) is 0 Å². The van der Waals surface area contributed by atoms with E-state index in [0.717, 1.165) is 36.9 Å². The molecule has 24 heavy (non-hydrogen) atoms. The predicted molar refractivity (Wildman–Crippen MR) is 90.4 cm³/mol. The van der Waals surface area contributed by atoms with Crippen molar-refractivity contribution in [3.63, 3.8) is 0 Å². The van der Waals surface area contributed by atoms with Crippen LogP contribution < -0.4 is 16.7 Å². The molecule has 0 unspecified atom stereocenters. The molecular weight excluding hydrogens is 308 g/mol. The van der Waals surface area contributed by atoms with Gasteiger partial charge in [-0.1, -0.05) is 25.7 Å². The third kappa shape index (κ3) is 4.21. The Morgan fingerprint density at radius 1 is 1.21 bits per heavy atom. The summed E-state index contributed by atoms with van der Waals surface area (Å²) in [6, 6.07) is 0. The van der Waals surface area contributed by atoms with Gasteiger partial charge in [0.15, 0.2) is 0 Å². The van der Waals surface area contributed by atoms with Crippen molar-refractivity contribution in [3.8, 4) is 0 Å². The number of aromatic amines is 1. The first-order valence-electron chi connectivity index (χ1n) is 8.51. The Morgan fingerprint density at radius 2 is 1.83 bits per heavy atom. The van der Waals surface area contributed by atoms with Crippen molar-refractivity contribution in [1.29, 1.82) is 0 Å². The molecule has 1 saturated carbocycles. The molecule has 2 amide bonds. The van der Waals surface area contributed by atoms with Crippen LogP contribution in [0.2, 0.25) is 0 Å². The molecule has 7 heteroatoms. The minimum atomic E-state index is -0.916. The summed E-state index contributed by atoms with van der Waals surface area (Å²) in [5, 5.41) is 2.89. The Kier molecular flexibility index (Phi) is 5.75. The molecule has 1 aromatic heterocycles. The Bertz CT molecular complexity index is 647. The largest absolute Gasteiger partial charge is 0.368 e. The second-order valence-corrected chi connectivity index (χ2v) is 6.64. The molecule has 1 aliphatic carbocycles. The smallest absolute Gasteiger partial charge is 0.345 e. The van der Waals surface area contributed by atoms with Crippen molar-refractivity contribution in [2.75, 3.05) is 0 Å². The van der Waals surface area contributed by atoms with Crippen LogP contribution in [0.4, 0.5) is 0 Å². The van der Waals surface area contributed by atoms with Crippen LogP contribution >= 0.6 is 0 Å². The summed E-state index contributed by atoms with van der Waals surface area (Å²) in [7, 11) is 0. The number of nitrogens with zero attached hydrogens (tertiary/aromatic N) is 1. The molecule has 0 spiro atoms. The molecule has 0 bridgehead atoms. The Hall–Kier alpha value is -2.18. The third-order valence-electron chi connectivity index (χ3n) is 4.86. The zero-order chi connectivity index (χ0) is 17.7. The standard InChI is InChI=1S/C17H26N4O3/c1-11-13(12(2)20-16(24)19-11)7-8-14(22)21-17(15(18)23)9-5-3-4-6-10-17/h3-10H2,1-2H3,(H2,18,23)(H,21,22)(H,19,20,24). The van der Waals surface area contributed by atoms with Gasteiger partial charge >= 0.3 is 5.69 Å². The fourth-order valence-electron chi connectivity index (χ4n) is 3.46. The van der Waals surface area contributed by atoms with Crippen molar-refractivity contribution in [2.45, 2.75) is 70.8 Å². The second-order valence-electron chi connectivity index (χ2n) is 6.64. The number of nitrogens with one attached hydrogen (secondary N) is 2. The maximum atomic E-state index is 12.4. The van der Waals surface area contributed by atoms with Gasteiger partial charge in [-0.15, -0.1) is 0 Å². The molecular formula is C17H26N4O3. The number of aromatic nitrogens is 2. The van der Waals surface area contributed by atoms with Crippen molar-refractivity contribution >= 4 is 11.8 Å². The zero-order valence-corrected chi connectivity index (χ0v) is 14.4. The number of rotatable bonds is 5. The maximum absolute atomic E-state index is 12.4. The molecule has 132 valence electrons. The summed E-state index contributed by atoms with van der Waals surface area (Å²) in [5.41, 5.74) is 6.50. The summed E-state index contributed by atoms with van der Waals surface area (Å²) in [5.74, 6) is -0.642. The quantitative estimate of drug-likeness (QED) is 0.696. The lowest BCUT2D eigenvalue weighted by Crippen LogP contribution is -2.57. The van der Waals surface area contributed by atoms with E-state index in [2.05, 4.69) is 15.3 Å². The first kappa shape index (κ1) is 18.2. The number of hydrogen-bond acceptors (Lipinski definition) is 4. The summed E-state index contributed by atoms with van der Waals surface area (Å²) in [4.78, 5) is 42.2. The lowest BCUT2D eigenvalue weighted by molar-refractivity contribution is -0.132. The highest BCUT2D eigenvalue weighted by Gasteiger charge is 2.38. The molecule has 0 atom stereocenters. The highest BCUT2D eigenvalue weighted by molar-refractivity contribution is 5.90. The van der Waals surface area contributed by atoms with Gasteiger partial charge in [0.1, 0.15) is 5.54 Å². The molecule has 1 fully saturated rings. The second kappa shape index (κ2) is 7.59. The monoisotopic (exact) mass is 334 g/mol. The van der Waals surface area contributed by atoms with Gasteiger partial charge in [-0.3, -0.25) is 9.59 Å². The molecule has 0 radical (unpaired) electrons. The van der Waals surface area contributed by atoms with Crippen LogP contribution in [0.15, 0.2) is 4.79 Å². The van der Waals surface area contributed by atoms with Crippen LogP contribution in [0.1, 0.15) is 61.9 Å². The minimum absolute atomic E-state index is 0.194. The summed E-state index contributed by atoms with van der Waals surface area (Å²) in [6.45, 7) is 3.55. The Labute approximate surface area is 141 Å². The number of primary amides is 1. The normalized spacial score (nSPS) is 17.1. The number of carbonyl (C=O) groups excluding carboxylic acids is 2. The number of carbonyl (C=O) groups is 2. The van der Waals surface area contributed by atoms with Crippen LogP contribution in [-0.4, -0.2) is 27.3 Å². The summed E-state index contributed by atoms with van der Waals surface area (Å²) < 4.78 is 0. The van der Waals surface area contributed by atoms with Crippen LogP contribution in [0.5, 0.6) is 0 Å². The summed E-state index contributed by atoms with van der Waals surface area (Å²) >= 11 is 0. The van der Waals surface area contributed by atoms with Crippen molar-refractivity contribution in [1.82, 2.24) is 15.3 Å². The predicted octanol–water partition coefficient (Wildman–Crippen LogP) is 1.01. The number of H-pyrrole nitrogens is 1. The van der Waals surface area contributed by atoms with Crippen molar-refractivity contribution < 1.29 is 9.59 Å². The van der Waals surface area contributed by atoms with E-state index in [0.29, 0.717) is 25.0 Å². The van der Waals surface area contributed by atoms with E-state index >= 15 is 0 Å². The van der Waals surface area contributed by atoms with E-state index in [1.165, 1.54) is 0 Å². The molecule has 1 aliphatic rings. The molecule has 2 rings (SSSR count). The first-order valence-corrected chi connectivity index (χ1v) is 8.51. The average molecular weight is 334 g/mol. The third-order valence-corrected chi connectivity index (χ3v) is 4.86. The van der Waals surface area contributed by atoms with Gasteiger partial charge in [-0.2, -0.15) is 4.98 Å². The molecule has 0 saturated heterocycles. The van der Waals surface area contributed by atoms with Crippen molar-refractivity contribution in [3.05, 3.63) is 27.4 Å². The fourth-order valence-corrected chi connectivity index (χ4v) is 3.46. The van der Waals surface area contributed by atoms with Gasteiger partial charge < -0.3 is 16.0 Å². The van der Waals surface area contributed by atoms with Crippen LogP contribution in [-0.2, 0) is 16.0 Å². The number of aryl methyl sites for hydroxylation is 2. The highest BCUT2D eigenvalue weighted by atomic mass is 16.2. The minimum Gasteiger partial charge on any atom is -0.368 e.